The van der Waals surface area contributed by atoms with Gasteiger partial charge in [-0.1, -0.05) is 13.8 Å². The minimum atomic E-state index is -0.205. The zero-order valence-electron chi connectivity index (χ0n) is 13.5. The predicted molar refractivity (Wildman–Crippen MR) is 78.0 cm³/mol. The standard InChI is InChI=1S/C16H28O5/c1-11(2)6-8-19-12(3)14-15(18-4)13(20-10-17)5-7-16(14)9-21-16/h10-15H,5-9H2,1-4H3/t12-,13?,14?,15?,16-/m0/s1. The van der Waals surface area contributed by atoms with Crippen LogP contribution in [0.15, 0.2) is 0 Å². The van der Waals surface area contributed by atoms with Crippen LogP contribution in [0.3, 0.4) is 0 Å². The minimum Gasteiger partial charge on any atom is -0.462 e. The van der Waals surface area contributed by atoms with Gasteiger partial charge in [0, 0.05) is 19.6 Å². The van der Waals surface area contributed by atoms with Crippen molar-refractivity contribution in [2.24, 2.45) is 11.8 Å². The van der Waals surface area contributed by atoms with Crippen LogP contribution >= 0.6 is 0 Å². The highest BCUT2D eigenvalue weighted by atomic mass is 16.6. The van der Waals surface area contributed by atoms with E-state index in [1.54, 1.807) is 7.11 Å². The zero-order valence-corrected chi connectivity index (χ0v) is 13.5. The van der Waals surface area contributed by atoms with Crippen molar-refractivity contribution in [2.75, 3.05) is 20.3 Å². The van der Waals surface area contributed by atoms with Crippen LogP contribution in [0.5, 0.6) is 0 Å². The SMILES string of the molecule is COC1C(OC=O)CC[C@]2(CO2)C1[C@H](C)OCCC(C)C. The molecule has 122 valence electrons. The molecule has 0 N–H and O–H groups in total. The van der Waals surface area contributed by atoms with Crippen molar-refractivity contribution in [1.82, 2.24) is 0 Å². The molecule has 1 saturated heterocycles. The molecule has 21 heavy (non-hydrogen) atoms. The van der Waals surface area contributed by atoms with E-state index < -0.39 is 0 Å². The quantitative estimate of drug-likeness (QED) is 0.508. The molecule has 1 heterocycles. The maximum Gasteiger partial charge on any atom is 0.293 e. The number of carbonyl (C=O) groups excluding carboxylic acids is 1. The topological polar surface area (TPSA) is 57.3 Å². The Morgan fingerprint density at radius 1 is 1.38 bits per heavy atom. The molecular weight excluding hydrogens is 272 g/mol. The maximum absolute atomic E-state index is 10.7. The Kier molecular flexibility index (Phi) is 5.63. The van der Waals surface area contributed by atoms with Gasteiger partial charge in [-0.3, -0.25) is 4.79 Å². The summed E-state index contributed by atoms with van der Waals surface area (Å²) in [5, 5.41) is 0. The van der Waals surface area contributed by atoms with Crippen molar-refractivity contribution < 1.29 is 23.7 Å². The number of rotatable bonds is 8. The highest BCUT2D eigenvalue weighted by Crippen LogP contribution is 2.49. The summed E-state index contributed by atoms with van der Waals surface area (Å²) in [4.78, 5) is 10.7. The van der Waals surface area contributed by atoms with Gasteiger partial charge in [0.2, 0.25) is 0 Å². The lowest BCUT2D eigenvalue weighted by molar-refractivity contribution is -0.166. The Labute approximate surface area is 127 Å². The van der Waals surface area contributed by atoms with Crippen LogP contribution in [0.4, 0.5) is 0 Å². The highest BCUT2D eigenvalue weighted by molar-refractivity contribution is 5.37. The second-order valence-corrected chi connectivity index (χ2v) is 6.65. The summed E-state index contributed by atoms with van der Waals surface area (Å²) in [5.41, 5.74) is -0.138. The van der Waals surface area contributed by atoms with Gasteiger partial charge in [0.15, 0.2) is 0 Å². The third-order valence-corrected chi connectivity index (χ3v) is 4.78. The van der Waals surface area contributed by atoms with Crippen molar-refractivity contribution in [3.8, 4) is 0 Å². The number of epoxide rings is 1. The van der Waals surface area contributed by atoms with Gasteiger partial charge in [-0.05, 0) is 32.1 Å². The van der Waals surface area contributed by atoms with E-state index in [-0.39, 0.29) is 29.8 Å². The first kappa shape index (κ1) is 16.7. The fourth-order valence-corrected chi connectivity index (χ4v) is 3.48. The summed E-state index contributed by atoms with van der Waals surface area (Å²) in [6, 6.07) is 0. The van der Waals surface area contributed by atoms with Crippen LogP contribution in [0, 0.1) is 11.8 Å². The molecule has 0 bridgehead atoms. The van der Waals surface area contributed by atoms with E-state index in [1.165, 1.54) is 0 Å². The third-order valence-electron chi connectivity index (χ3n) is 4.78. The van der Waals surface area contributed by atoms with E-state index in [9.17, 15) is 4.79 Å². The van der Waals surface area contributed by atoms with Crippen molar-refractivity contribution in [2.45, 2.75) is 63.9 Å². The first-order chi connectivity index (χ1) is 10.0. The average molecular weight is 300 g/mol. The molecule has 0 amide bonds. The smallest absolute Gasteiger partial charge is 0.293 e. The zero-order chi connectivity index (χ0) is 15.5. The molecule has 2 aliphatic rings. The monoisotopic (exact) mass is 300 g/mol. The normalized spacial score (nSPS) is 36.7. The molecule has 0 aromatic carbocycles. The van der Waals surface area contributed by atoms with E-state index >= 15 is 0 Å². The van der Waals surface area contributed by atoms with E-state index in [1.807, 2.05) is 0 Å². The number of hydrogen-bond acceptors (Lipinski definition) is 5. The van der Waals surface area contributed by atoms with E-state index in [4.69, 9.17) is 18.9 Å². The lowest BCUT2D eigenvalue weighted by atomic mass is 9.73. The summed E-state index contributed by atoms with van der Waals surface area (Å²) in [6.45, 7) is 8.45. The molecule has 1 spiro atoms. The van der Waals surface area contributed by atoms with Crippen molar-refractivity contribution in [3.63, 3.8) is 0 Å². The molecular formula is C16H28O5. The average Bonchev–Trinajstić information content (AvgIpc) is 3.20. The molecule has 1 aliphatic heterocycles. The fourth-order valence-electron chi connectivity index (χ4n) is 3.48. The summed E-state index contributed by atoms with van der Waals surface area (Å²) in [6.07, 6.45) is 2.37. The Bertz CT molecular complexity index is 340. The van der Waals surface area contributed by atoms with Gasteiger partial charge in [-0.2, -0.15) is 0 Å². The first-order valence-electron chi connectivity index (χ1n) is 7.91. The van der Waals surface area contributed by atoms with E-state index in [0.717, 1.165) is 32.5 Å². The Morgan fingerprint density at radius 2 is 2.10 bits per heavy atom. The van der Waals surface area contributed by atoms with Crippen LogP contribution in [-0.4, -0.2) is 50.7 Å². The Balaban J connectivity index is 2.02. The summed E-state index contributed by atoms with van der Waals surface area (Å²) in [7, 11) is 1.67. The largest absolute Gasteiger partial charge is 0.462 e. The Hall–Kier alpha value is -0.650. The highest BCUT2D eigenvalue weighted by Gasteiger charge is 2.61. The number of hydrogen-bond donors (Lipinski definition) is 0. The van der Waals surface area contributed by atoms with Gasteiger partial charge in [0.05, 0.1) is 18.3 Å². The molecule has 0 aromatic rings. The molecule has 5 heteroatoms. The lowest BCUT2D eigenvalue weighted by Crippen LogP contribution is -2.54. The van der Waals surface area contributed by atoms with Crippen molar-refractivity contribution in [3.05, 3.63) is 0 Å². The minimum absolute atomic E-state index is 0.0225. The molecule has 2 rings (SSSR count). The molecule has 0 aromatic heterocycles. The summed E-state index contributed by atoms with van der Waals surface area (Å²) < 4.78 is 22.6. The number of ether oxygens (including phenoxy) is 4. The second-order valence-electron chi connectivity index (χ2n) is 6.65. The molecule has 1 saturated carbocycles. The van der Waals surface area contributed by atoms with Crippen LogP contribution in [-0.2, 0) is 23.7 Å². The van der Waals surface area contributed by atoms with Gasteiger partial charge in [-0.25, -0.2) is 0 Å². The molecule has 2 fully saturated rings. The van der Waals surface area contributed by atoms with Crippen molar-refractivity contribution >= 4 is 6.47 Å². The first-order valence-corrected chi connectivity index (χ1v) is 7.91. The van der Waals surface area contributed by atoms with E-state index in [2.05, 4.69) is 20.8 Å². The Morgan fingerprint density at radius 3 is 2.62 bits per heavy atom. The van der Waals surface area contributed by atoms with Crippen LogP contribution in [0.25, 0.3) is 0 Å². The second kappa shape index (κ2) is 7.07. The molecule has 3 unspecified atom stereocenters. The summed E-state index contributed by atoms with van der Waals surface area (Å²) in [5.74, 6) is 0.729. The predicted octanol–water partition coefficient (Wildman–Crippen LogP) is 2.17. The maximum atomic E-state index is 10.7. The van der Waals surface area contributed by atoms with Crippen LogP contribution in [0.1, 0.15) is 40.0 Å². The third kappa shape index (κ3) is 3.76. The van der Waals surface area contributed by atoms with Gasteiger partial charge in [-0.15, -0.1) is 0 Å². The molecule has 1 aliphatic carbocycles. The summed E-state index contributed by atoms with van der Waals surface area (Å²) >= 11 is 0. The van der Waals surface area contributed by atoms with Gasteiger partial charge >= 0.3 is 0 Å². The number of methoxy groups -OCH3 is 1. The number of carbonyl (C=O) groups is 1. The van der Waals surface area contributed by atoms with Crippen molar-refractivity contribution in [1.29, 1.82) is 0 Å². The molecule has 0 radical (unpaired) electrons. The van der Waals surface area contributed by atoms with Gasteiger partial charge in [0.25, 0.3) is 6.47 Å². The molecule has 5 nitrogen and oxygen atoms in total. The fraction of sp³-hybridized carbons (Fsp3) is 0.938. The van der Waals surface area contributed by atoms with Crippen LogP contribution in [0.2, 0.25) is 0 Å². The van der Waals surface area contributed by atoms with Crippen LogP contribution < -0.4 is 0 Å². The van der Waals surface area contributed by atoms with Gasteiger partial charge < -0.3 is 18.9 Å². The van der Waals surface area contributed by atoms with E-state index in [0.29, 0.717) is 12.4 Å². The molecule has 5 atom stereocenters. The lowest BCUT2D eigenvalue weighted by Gasteiger charge is -2.42. The van der Waals surface area contributed by atoms with Gasteiger partial charge in [0.1, 0.15) is 12.2 Å².